The molecule has 1 amide bonds. The zero-order chi connectivity index (χ0) is 25.4. The fraction of sp³-hybridized carbons (Fsp3) is 0.385. The molecule has 3 aromatic rings. The Morgan fingerprint density at radius 2 is 2.03 bits per heavy atom. The van der Waals surface area contributed by atoms with E-state index in [1.54, 1.807) is 6.07 Å². The predicted octanol–water partition coefficient (Wildman–Crippen LogP) is 2.73. The number of hydrogen-bond acceptors (Lipinski definition) is 7. The number of nitrogens with two attached hydrogens (primary N) is 1. The van der Waals surface area contributed by atoms with Gasteiger partial charge in [-0.3, -0.25) is 9.69 Å². The Kier molecular flexibility index (Phi) is 6.56. The third-order valence-electron chi connectivity index (χ3n) is 7.03. The maximum absolute atomic E-state index is 11.8. The molecule has 36 heavy (non-hydrogen) atoms. The highest BCUT2D eigenvalue weighted by molar-refractivity contribution is 6.31. The van der Waals surface area contributed by atoms with Gasteiger partial charge in [-0.05, 0) is 37.0 Å². The summed E-state index contributed by atoms with van der Waals surface area (Å²) < 4.78 is 7.27. The minimum Gasteiger partial charge on any atom is -0.480 e. The number of likely N-dealkylation sites (tertiary alicyclic amines) is 2. The van der Waals surface area contributed by atoms with Crippen molar-refractivity contribution in [1.29, 1.82) is 0 Å². The second kappa shape index (κ2) is 9.80. The molecule has 2 fully saturated rings. The Morgan fingerprint density at radius 3 is 2.72 bits per heavy atom. The van der Waals surface area contributed by atoms with Crippen molar-refractivity contribution in [2.75, 3.05) is 39.0 Å². The zero-order valence-electron chi connectivity index (χ0n) is 20.4. The van der Waals surface area contributed by atoms with Crippen LogP contribution in [0.5, 0.6) is 5.88 Å². The molecule has 2 aliphatic rings. The van der Waals surface area contributed by atoms with Gasteiger partial charge in [-0.2, -0.15) is 0 Å². The number of piperidine rings is 1. The van der Waals surface area contributed by atoms with Gasteiger partial charge in [-0.25, -0.2) is 15.0 Å². The van der Waals surface area contributed by atoms with Crippen molar-refractivity contribution in [2.45, 2.75) is 18.9 Å². The number of amides is 1. The lowest BCUT2D eigenvalue weighted by Crippen LogP contribution is -2.55. The number of anilines is 1. The molecule has 2 aliphatic heterocycles. The van der Waals surface area contributed by atoms with E-state index in [-0.39, 0.29) is 11.8 Å². The third-order valence-corrected chi connectivity index (χ3v) is 7.32. The zero-order valence-corrected chi connectivity index (χ0v) is 21.1. The Bertz CT molecular complexity index is 1390. The molecule has 0 spiro atoms. The topological polar surface area (TPSA) is 102 Å². The Morgan fingerprint density at radius 1 is 1.28 bits per heavy atom. The summed E-state index contributed by atoms with van der Waals surface area (Å²) in [5.74, 6) is 7.81. The lowest BCUT2D eigenvalue weighted by atomic mass is 9.93. The van der Waals surface area contributed by atoms with Crippen LogP contribution >= 0.6 is 11.6 Å². The van der Waals surface area contributed by atoms with Gasteiger partial charge in [0.1, 0.15) is 28.5 Å². The molecule has 0 atom stereocenters. The van der Waals surface area contributed by atoms with Gasteiger partial charge in [0.15, 0.2) is 0 Å². The van der Waals surface area contributed by atoms with Gasteiger partial charge < -0.3 is 19.9 Å². The van der Waals surface area contributed by atoms with Crippen molar-refractivity contribution < 1.29 is 9.53 Å². The average molecular weight is 506 g/mol. The van der Waals surface area contributed by atoms with Crippen LogP contribution in [-0.4, -0.2) is 74.6 Å². The van der Waals surface area contributed by atoms with Crippen LogP contribution in [0, 0.1) is 17.8 Å². The summed E-state index contributed by atoms with van der Waals surface area (Å²) in [6.45, 7) is 6.98. The quantitative estimate of drug-likeness (QED) is 0.429. The van der Waals surface area contributed by atoms with E-state index in [0.29, 0.717) is 39.5 Å². The molecule has 5 rings (SSSR count). The van der Waals surface area contributed by atoms with Crippen LogP contribution in [0.3, 0.4) is 0 Å². The van der Waals surface area contributed by atoms with Crippen LogP contribution in [0.4, 0.5) is 5.82 Å². The van der Waals surface area contributed by atoms with Gasteiger partial charge in [-0.1, -0.05) is 24.1 Å². The first-order valence-electron chi connectivity index (χ1n) is 11.9. The molecule has 0 aromatic carbocycles. The molecule has 3 aromatic heterocycles. The van der Waals surface area contributed by atoms with Crippen molar-refractivity contribution in [3.63, 3.8) is 0 Å². The molecular formula is C26H28ClN7O2. The first-order valence-corrected chi connectivity index (χ1v) is 12.3. The predicted molar refractivity (Wildman–Crippen MR) is 139 cm³/mol. The number of pyridine rings is 1. The number of carbonyl (C=O) groups excluding carboxylic acids is 1. The van der Waals surface area contributed by atoms with Gasteiger partial charge in [0.05, 0.1) is 18.2 Å². The summed E-state index contributed by atoms with van der Waals surface area (Å²) in [7, 11) is 3.45. The molecule has 0 saturated carbocycles. The van der Waals surface area contributed by atoms with Gasteiger partial charge in [0.2, 0.25) is 11.8 Å². The average Bonchev–Trinajstić information content (AvgIpc) is 3.16. The maximum atomic E-state index is 11.8. The first kappa shape index (κ1) is 24.1. The molecule has 0 aliphatic carbocycles. The summed E-state index contributed by atoms with van der Waals surface area (Å²) >= 11 is 6.22. The van der Waals surface area contributed by atoms with Crippen molar-refractivity contribution in [3.05, 3.63) is 41.8 Å². The summed E-state index contributed by atoms with van der Waals surface area (Å²) in [6, 6.07) is 4.06. The van der Waals surface area contributed by atoms with E-state index in [4.69, 9.17) is 22.1 Å². The molecular weight excluding hydrogens is 478 g/mol. The summed E-state index contributed by atoms with van der Waals surface area (Å²) in [6.07, 6.45) is 4.81. The van der Waals surface area contributed by atoms with Crippen LogP contribution in [0.25, 0.3) is 22.3 Å². The number of aromatic nitrogens is 4. The summed E-state index contributed by atoms with van der Waals surface area (Å²) in [5.41, 5.74) is 9.14. The molecule has 2 N–H and O–H groups in total. The van der Waals surface area contributed by atoms with Crippen molar-refractivity contribution in [1.82, 2.24) is 29.3 Å². The van der Waals surface area contributed by atoms with Crippen LogP contribution in [0.2, 0.25) is 5.02 Å². The fourth-order valence-electron chi connectivity index (χ4n) is 5.03. The Hall–Kier alpha value is -3.61. The third kappa shape index (κ3) is 4.27. The lowest BCUT2D eigenvalue weighted by Gasteiger charge is -2.45. The smallest absolute Gasteiger partial charge is 0.245 e. The molecule has 5 heterocycles. The monoisotopic (exact) mass is 505 g/mol. The number of hydrogen-bond donors (Lipinski definition) is 1. The summed E-state index contributed by atoms with van der Waals surface area (Å²) in [5, 5.41) is 1.13. The van der Waals surface area contributed by atoms with E-state index in [9.17, 15) is 4.79 Å². The molecule has 10 heteroatoms. The van der Waals surface area contributed by atoms with E-state index < -0.39 is 0 Å². The molecule has 0 unspecified atom stereocenters. The maximum Gasteiger partial charge on any atom is 0.245 e. The number of fused-ring (bicyclic) bond motifs is 1. The molecule has 9 nitrogen and oxygen atoms in total. The molecule has 0 radical (unpaired) electrons. The summed E-state index contributed by atoms with van der Waals surface area (Å²) in [4.78, 5) is 29.4. The second-order valence-electron chi connectivity index (χ2n) is 9.11. The van der Waals surface area contributed by atoms with Crippen molar-refractivity contribution in [2.24, 2.45) is 13.0 Å². The van der Waals surface area contributed by atoms with Crippen LogP contribution in [-0.2, 0) is 11.8 Å². The normalized spacial score (nSPS) is 16.9. The van der Waals surface area contributed by atoms with Gasteiger partial charge in [0.25, 0.3) is 0 Å². The van der Waals surface area contributed by atoms with Gasteiger partial charge >= 0.3 is 0 Å². The van der Waals surface area contributed by atoms with E-state index >= 15 is 0 Å². The molecule has 2 saturated heterocycles. The van der Waals surface area contributed by atoms with Gasteiger partial charge in [-0.15, -0.1) is 0 Å². The highest BCUT2D eigenvalue weighted by Gasteiger charge is 2.34. The van der Waals surface area contributed by atoms with E-state index in [1.165, 1.54) is 19.5 Å². The van der Waals surface area contributed by atoms with Crippen LogP contribution < -0.4 is 10.5 Å². The van der Waals surface area contributed by atoms with Crippen molar-refractivity contribution >= 4 is 34.4 Å². The Labute approximate surface area is 214 Å². The number of nitrogens with zero attached hydrogens (tertiary/aromatic N) is 6. The fourth-order valence-corrected chi connectivity index (χ4v) is 5.21. The van der Waals surface area contributed by atoms with Crippen LogP contribution in [0.15, 0.2) is 31.1 Å². The van der Waals surface area contributed by atoms with E-state index in [0.717, 1.165) is 50.3 Å². The first-order chi connectivity index (χ1) is 17.4. The number of carbonyl (C=O) groups is 1. The highest BCUT2D eigenvalue weighted by atomic mass is 35.5. The number of ether oxygens (including phenoxy) is 1. The minimum atomic E-state index is 0.0182. The second-order valence-corrected chi connectivity index (χ2v) is 9.52. The van der Waals surface area contributed by atoms with Crippen LogP contribution in [0.1, 0.15) is 18.5 Å². The van der Waals surface area contributed by atoms with Crippen molar-refractivity contribution in [3.8, 4) is 29.0 Å². The number of aryl methyl sites for hydroxylation is 1. The highest BCUT2D eigenvalue weighted by Crippen LogP contribution is 2.37. The van der Waals surface area contributed by atoms with Gasteiger partial charge in [0, 0.05) is 50.7 Å². The van der Waals surface area contributed by atoms with E-state index in [1.807, 2.05) is 22.6 Å². The van der Waals surface area contributed by atoms with E-state index in [2.05, 4.69) is 38.3 Å². The SMILES string of the molecule is C=CC(=O)N1CCC(N2CC(C#Cc3c(-c4ccc(Cl)c(OC)n4)c4c(N)ncnc4n3C)C2)CC1. The number of rotatable bonds is 4. The largest absolute Gasteiger partial charge is 0.480 e. The Balaban J connectivity index is 1.39. The number of methoxy groups -OCH3 is 1. The number of nitrogen functional groups attached to an aromatic ring is 1. The molecule has 0 bridgehead atoms. The lowest BCUT2D eigenvalue weighted by molar-refractivity contribution is -0.127. The standard InChI is InChI=1S/C26H28ClN7O2/c1-4-21(35)33-11-9-17(10-12-33)34-13-16(14-34)5-8-20-22(19-7-6-18(27)26(31-19)36-3)23-24(28)29-15-30-25(23)32(20)2/h4,6-7,15-17H,1,9-14H2,2-3H3,(H2,28,29,30). The molecule has 186 valence electrons. The number of halogens is 1. The minimum absolute atomic E-state index is 0.0182.